The number of fused-ring (bicyclic) bond motifs is 1. The fraction of sp³-hybridized carbons (Fsp3) is 0.150. The van der Waals surface area contributed by atoms with Gasteiger partial charge >= 0.3 is 0 Å². The Labute approximate surface area is 155 Å². The van der Waals surface area contributed by atoms with Crippen LogP contribution in [-0.2, 0) is 4.79 Å². The molecule has 1 aliphatic rings. The molecular weight excluding hydrogens is 346 g/mol. The second-order valence-corrected chi connectivity index (χ2v) is 7.03. The zero-order valence-electron chi connectivity index (χ0n) is 14.0. The number of anilines is 1. The highest BCUT2D eigenvalue weighted by Gasteiger charge is 2.35. The molecule has 6 heteroatoms. The van der Waals surface area contributed by atoms with Crippen LogP contribution in [0.25, 0.3) is 10.9 Å². The molecule has 0 saturated carbocycles. The number of nitrogens with zero attached hydrogens (tertiary/aromatic N) is 2. The van der Waals surface area contributed by atoms with Crippen LogP contribution in [0.2, 0.25) is 0 Å². The van der Waals surface area contributed by atoms with Crippen molar-refractivity contribution in [2.75, 3.05) is 16.9 Å². The Bertz CT molecular complexity index is 961. The van der Waals surface area contributed by atoms with Crippen LogP contribution in [0.4, 0.5) is 5.82 Å². The molecule has 2 aromatic carbocycles. The average Bonchev–Trinajstić information content (AvgIpc) is 3.18. The average molecular weight is 363 g/mol. The topological polar surface area (TPSA) is 62.3 Å². The summed E-state index contributed by atoms with van der Waals surface area (Å²) in [6.07, 6.45) is 0. The van der Waals surface area contributed by atoms with Gasteiger partial charge in [0, 0.05) is 16.7 Å². The Hall–Kier alpha value is -2.86. The lowest BCUT2D eigenvalue weighted by Crippen LogP contribution is -2.44. The Morgan fingerprint density at radius 1 is 1.00 bits per heavy atom. The number of para-hydroxylation sites is 1. The number of amides is 2. The van der Waals surface area contributed by atoms with Crippen molar-refractivity contribution in [1.82, 2.24) is 9.88 Å². The van der Waals surface area contributed by atoms with E-state index in [2.05, 4.69) is 10.3 Å². The van der Waals surface area contributed by atoms with E-state index in [0.717, 1.165) is 10.9 Å². The molecular formula is C20H17N3O2S. The van der Waals surface area contributed by atoms with Gasteiger partial charge in [0.1, 0.15) is 11.9 Å². The first kappa shape index (κ1) is 16.6. The van der Waals surface area contributed by atoms with Gasteiger partial charge in [-0.05, 0) is 30.3 Å². The van der Waals surface area contributed by atoms with Gasteiger partial charge in [0.25, 0.3) is 5.91 Å². The molecule has 1 fully saturated rings. The minimum Gasteiger partial charge on any atom is -0.317 e. The van der Waals surface area contributed by atoms with Crippen molar-refractivity contribution in [1.29, 1.82) is 0 Å². The normalized spacial score (nSPS) is 16.6. The summed E-state index contributed by atoms with van der Waals surface area (Å²) in [5.74, 6) is 1.26. The highest BCUT2D eigenvalue weighted by molar-refractivity contribution is 7.99. The van der Waals surface area contributed by atoms with E-state index >= 15 is 0 Å². The molecule has 26 heavy (non-hydrogen) atoms. The van der Waals surface area contributed by atoms with Gasteiger partial charge in [0.2, 0.25) is 5.91 Å². The van der Waals surface area contributed by atoms with Gasteiger partial charge < -0.3 is 10.2 Å². The molecule has 1 saturated heterocycles. The molecule has 130 valence electrons. The van der Waals surface area contributed by atoms with E-state index in [-0.39, 0.29) is 11.8 Å². The molecule has 0 spiro atoms. The van der Waals surface area contributed by atoms with Gasteiger partial charge in [-0.1, -0.05) is 36.4 Å². The number of carbonyl (C=O) groups excluding carboxylic acids is 2. The minimum absolute atomic E-state index is 0.123. The van der Waals surface area contributed by atoms with Crippen molar-refractivity contribution in [2.45, 2.75) is 6.04 Å². The van der Waals surface area contributed by atoms with Crippen molar-refractivity contribution in [3.05, 3.63) is 72.3 Å². The zero-order chi connectivity index (χ0) is 17.9. The van der Waals surface area contributed by atoms with Crippen LogP contribution in [-0.4, -0.2) is 39.4 Å². The second-order valence-electron chi connectivity index (χ2n) is 6.04. The Morgan fingerprint density at radius 3 is 2.62 bits per heavy atom. The van der Waals surface area contributed by atoms with Crippen LogP contribution in [0.5, 0.6) is 0 Å². The number of benzene rings is 2. The highest BCUT2D eigenvalue weighted by Crippen LogP contribution is 2.24. The molecule has 3 aromatic rings. The van der Waals surface area contributed by atoms with Gasteiger partial charge in [-0.2, -0.15) is 0 Å². The van der Waals surface area contributed by atoms with Crippen molar-refractivity contribution in [3.8, 4) is 0 Å². The van der Waals surface area contributed by atoms with E-state index in [4.69, 9.17) is 0 Å². The van der Waals surface area contributed by atoms with E-state index < -0.39 is 6.04 Å². The molecule has 0 radical (unpaired) electrons. The lowest BCUT2D eigenvalue weighted by Gasteiger charge is -2.23. The number of rotatable bonds is 3. The predicted molar refractivity (Wildman–Crippen MR) is 104 cm³/mol. The number of aromatic nitrogens is 1. The summed E-state index contributed by atoms with van der Waals surface area (Å²) < 4.78 is 0. The molecule has 5 nitrogen and oxygen atoms in total. The van der Waals surface area contributed by atoms with Crippen molar-refractivity contribution < 1.29 is 9.59 Å². The second kappa shape index (κ2) is 7.17. The minimum atomic E-state index is -0.499. The van der Waals surface area contributed by atoms with Crippen LogP contribution < -0.4 is 5.32 Å². The van der Waals surface area contributed by atoms with Crippen LogP contribution in [0.1, 0.15) is 10.4 Å². The van der Waals surface area contributed by atoms with E-state index in [9.17, 15) is 9.59 Å². The third-order valence-electron chi connectivity index (χ3n) is 4.32. The maximum atomic E-state index is 12.7. The molecule has 0 aliphatic carbocycles. The third-order valence-corrected chi connectivity index (χ3v) is 5.33. The molecule has 1 aliphatic heterocycles. The molecule has 1 unspecified atom stereocenters. The first-order valence-corrected chi connectivity index (χ1v) is 9.48. The Kier molecular flexibility index (Phi) is 4.58. The van der Waals surface area contributed by atoms with Gasteiger partial charge in [0.15, 0.2) is 0 Å². The summed E-state index contributed by atoms with van der Waals surface area (Å²) in [7, 11) is 0. The van der Waals surface area contributed by atoms with Gasteiger partial charge in [-0.25, -0.2) is 4.98 Å². The maximum absolute atomic E-state index is 12.7. The summed E-state index contributed by atoms with van der Waals surface area (Å²) in [5, 5.41) is 3.87. The monoisotopic (exact) mass is 363 g/mol. The van der Waals surface area contributed by atoms with Crippen LogP contribution in [0.15, 0.2) is 66.7 Å². The first-order chi connectivity index (χ1) is 12.7. The number of pyridine rings is 1. The predicted octanol–water partition coefficient (Wildman–Crippen LogP) is 3.39. The first-order valence-electron chi connectivity index (χ1n) is 8.33. The van der Waals surface area contributed by atoms with E-state index in [1.807, 2.05) is 48.5 Å². The van der Waals surface area contributed by atoms with Gasteiger partial charge in [-0.3, -0.25) is 9.59 Å². The summed E-state index contributed by atoms with van der Waals surface area (Å²) in [4.78, 5) is 31.5. The van der Waals surface area contributed by atoms with Crippen molar-refractivity contribution in [2.24, 2.45) is 0 Å². The lowest BCUT2D eigenvalue weighted by atomic mass is 10.1. The van der Waals surface area contributed by atoms with Gasteiger partial charge in [0.05, 0.1) is 11.4 Å². The van der Waals surface area contributed by atoms with Crippen LogP contribution in [0, 0.1) is 0 Å². The summed E-state index contributed by atoms with van der Waals surface area (Å²) >= 11 is 1.58. The Balaban J connectivity index is 1.52. The van der Waals surface area contributed by atoms with E-state index in [1.54, 1.807) is 34.9 Å². The Morgan fingerprint density at radius 2 is 1.77 bits per heavy atom. The number of hydrogen-bond acceptors (Lipinski definition) is 4. The van der Waals surface area contributed by atoms with Crippen LogP contribution in [0.3, 0.4) is 0 Å². The third kappa shape index (κ3) is 3.28. The number of carbonyl (C=O) groups is 2. The SMILES string of the molecule is O=C(Nc1ccc2ccccc2n1)C1CSCN1C(=O)c1ccccc1. The molecule has 2 heterocycles. The molecule has 0 bridgehead atoms. The summed E-state index contributed by atoms with van der Waals surface area (Å²) in [6.45, 7) is 0. The highest BCUT2D eigenvalue weighted by atomic mass is 32.2. The maximum Gasteiger partial charge on any atom is 0.255 e. The molecule has 4 rings (SSSR count). The summed E-state index contributed by atoms with van der Waals surface area (Å²) in [6, 6.07) is 20.0. The van der Waals surface area contributed by atoms with Crippen molar-refractivity contribution in [3.63, 3.8) is 0 Å². The largest absolute Gasteiger partial charge is 0.317 e. The lowest BCUT2D eigenvalue weighted by molar-refractivity contribution is -0.119. The van der Waals surface area contributed by atoms with E-state index in [1.165, 1.54) is 0 Å². The molecule has 1 N–H and O–H groups in total. The fourth-order valence-electron chi connectivity index (χ4n) is 2.95. The fourth-order valence-corrected chi connectivity index (χ4v) is 4.11. The summed E-state index contributed by atoms with van der Waals surface area (Å²) in [5.41, 5.74) is 1.42. The molecule has 1 atom stereocenters. The number of nitrogens with one attached hydrogen (secondary N) is 1. The standard InChI is InChI=1S/C20H17N3O2S/c24-19(22-18-11-10-14-6-4-5-9-16(14)21-18)17-12-26-13-23(17)20(25)15-7-2-1-3-8-15/h1-11,17H,12-13H2,(H,21,22,24). The van der Waals surface area contributed by atoms with E-state index in [0.29, 0.717) is 23.0 Å². The smallest absolute Gasteiger partial charge is 0.255 e. The zero-order valence-corrected chi connectivity index (χ0v) is 14.8. The molecule has 1 aromatic heterocycles. The number of thioether (sulfide) groups is 1. The number of hydrogen-bond donors (Lipinski definition) is 1. The quantitative estimate of drug-likeness (QED) is 0.775. The molecule has 2 amide bonds. The van der Waals surface area contributed by atoms with Crippen LogP contribution >= 0.6 is 11.8 Å². The van der Waals surface area contributed by atoms with Gasteiger partial charge in [-0.15, -0.1) is 11.8 Å². The van der Waals surface area contributed by atoms with Crippen molar-refractivity contribution >= 4 is 40.3 Å².